The minimum absolute atomic E-state index is 0.114. The molecule has 0 aliphatic carbocycles. The van der Waals surface area contributed by atoms with Gasteiger partial charge < -0.3 is 4.90 Å². The molecule has 0 spiro atoms. The zero-order chi connectivity index (χ0) is 18.9. The number of benzene rings is 2. The van der Waals surface area contributed by atoms with Crippen molar-refractivity contribution in [3.05, 3.63) is 75.3 Å². The SMILES string of the molecule is O=C(c1ccc([N+](=O)[O-])cc1)N1CCSC1c1ccc(C(F)(F)F)cc1. The molecule has 0 saturated carbocycles. The van der Waals surface area contributed by atoms with Gasteiger partial charge in [0.15, 0.2) is 0 Å². The summed E-state index contributed by atoms with van der Waals surface area (Å²) in [6, 6.07) is 10.0. The van der Waals surface area contributed by atoms with Crippen molar-refractivity contribution >= 4 is 23.4 Å². The van der Waals surface area contributed by atoms with E-state index in [9.17, 15) is 28.1 Å². The molecule has 136 valence electrons. The Kier molecular flexibility index (Phi) is 4.90. The van der Waals surface area contributed by atoms with Crippen LogP contribution in [0.15, 0.2) is 48.5 Å². The number of nitrogens with zero attached hydrogens (tertiary/aromatic N) is 2. The van der Waals surface area contributed by atoms with Gasteiger partial charge in [-0.3, -0.25) is 14.9 Å². The molecule has 3 rings (SSSR count). The fourth-order valence-corrected chi connectivity index (χ4v) is 3.94. The smallest absolute Gasteiger partial charge is 0.322 e. The Morgan fingerprint density at radius 2 is 1.73 bits per heavy atom. The van der Waals surface area contributed by atoms with E-state index in [1.165, 1.54) is 48.2 Å². The lowest BCUT2D eigenvalue weighted by molar-refractivity contribution is -0.384. The van der Waals surface area contributed by atoms with Gasteiger partial charge in [-0.15, -0.1) is 11.8 Å². The van der Waals surface area contributed by atoms with Crippen LogP contribution >= 0.6 is 11.8 Å². The molecule has 9 heteroatoms. The number of nitro benzene ring substituents is 1. The second-order valence-electron chi connectivity index (χ2n) is 5.65. The summed E-state index contributed by atoms with van der Waals surface area (Å²) in [6.07, 6.45) is -4.41. The molecule has 1 heterocycles. The Morgan fingerprint density at radius 3 is 2.27 bits per heavy atom. The zero-order valence-electron chi connectivity index (χ0n) is 13.3. The number of halogens is 3. The van der Waals surface area contributed by atoms with Crippen molar-refractivity contribution in [2.75, 3.05) is 12.3 Å². The fourth-order valence-electron chi connectivity index (χ4n) is 2.68. The third kappa shape index (κ3) is 3.67. The summed E-state index contributed by atoms with van der Waals surface area (Å²) in [7, 11) is 0. The highest BCUT2D eigenvalue weighted by atomic mass is 32.2. The van der Waals surface area contributed by atoms with Crippen LogP contribution in [-0.2, 0) is 6.18 Å². The van der Waals surface area contributed by atoms with Crippen LogP contribution in [0.2, 0.25) is 0 Å². The van der Waals surface area contributed by atoms with Crippen molar-refractivity contribution < 1.29 is 22.9 Å². The summed E-state index contributed by atoms with van der Waals surface area (Å²) in [6.45, 7) is 0.451. The normalized spacial score (nSPS) is 17.3. The monoisotopic (exact) mass is 382 g/mol. The molecule has 26 heavy (non-hydrogen) atoms. The molecule has 5 nitrogen and oxygen atoms in total. The second kappa shape index (κ2) is 6.99. The Labute approximate surface area is 151 Å². The number of carbonyl (C=O) groups excluding carboxylic acids is 1. The standard InChI is InChI=1S/C17H13F3N2O3S/c18-17(19,20)13-5-1-12(2-6-13)16-21(9-10-26-16)15(23)11-3-7-14(8-4-11)22(24)25/h1-8,16H,9-10H2. The summed E-state index contributed by atoms with van der Waals surface area (Å²) < 4.78 is 38.1. The fraction of sp³-hybridized carbons (Fsp3) is 0.235. The molecule has 1 amide bonds. The third-order valence-electron chi connectivity index (χ3n) is 4.00. The molecule has 2 aromatic carbocycles. The van der Waals surface area contributed by atoms with Crippen LogP contribution in [0.3, 0.4) is 0 Å². The summed E-state index contributed by atoms with van der Waals surface area (Å²) in [5, 5.41) is 10.3. The third-order valence-corrected chi connectivity index (χ3v) is 5.26. The van der Waals surface area contributed by atoms with E-state index in [1.54, 1.807) is 4.90 Å². The van der Waals surface area contributed by atoms with Gasteiger partial charge in [-0.2, -0.15) is 13.2 Å². The number of nitro groups is 1. The van der Waals surface area contributed by atoms with Gasteiger partial charge >= 0.3 is 6.18 Å². The zero-order valence-corrected chi connectivity index (χ0v) is 14.1. The Balaban J connectivity index is 1.81. The molecule has 2 aromatic rings. The minimum Gasteiger partial charge on any atom is -0.322 e. The average Bonchev–Trinajstić information content (AvgIpc) is 3.10. The van der Waals surface area contributed by atoms with Crippen LogP contribution in [0.25, 0.3) is 0 Å². The molecule has 0 radical (unpaired) electrons. The quantitative estimate of drug-likeness (QED) is 0.579. The lowest BCUT2D eigenvalue weighted by atomic mass is 10.1. The molecule has 1 aliphatic rings. The number of carbonyl (C=O) groups is 1. The van der Waals surface area contributed by atoms with Gasteiger partial charge in [0.2, 0.25) is 0 Å². The van der Waals surface area contributed by atoms with Gasteiger partial charge in [-0.05, 0) is 29.8 Å². The molecular formula is C17H13F3N2O3S. The number of rotatable bonds is 3. The molecule has 0 aromatic heterocycles. The minimum atomic E-state index is -4.41. The number of amides is 1. The van der Waals surface area contributed by atoms with E-state index in [-0.39, 0.29) is 17.0 Å². The first kappa shape index (κ1) is 18.2. The number of non-ortho nitro benzene ring substituents is 1. The first-order valence-corrected chi connectivity index (χ1v) is 8.66. The van der Waals surface area contributed by atoms with Crippen molar-refractivity contribution in [2.45, 2.75) is 11.6 Å². The lowest BCUT2D eigenvalue weighted by Crippen LogP contribution is -2.30. The number of hydrogen-bond donors (Lipinski definition) is 0. The first-order valence-electron chi connectivity index (χ1n) is 7.61. The van der Waals surface area contributed by atoms with E-state index in [1.807, 2.05) is 0 Å². The predicted octanol–water partition coefficient (Wildman–Crippen LogP) is 4.50. The van der Waals surface area contributed by atoms with Crippen molar-refractivity contribution in [3.8, 4) is 0 Å². The lowest BCUT2D eigenvalue weighted by Gasteiger charge is -2.24. The van der Waals surface area contributed by atoms with Crippen LogP contribution in [-0.4, -0.2) is 28.0 Å². The summed E-state index contributed by atoms with van der Waals surface area (Å²) in [5.74, 6) is 0.347. The van der Waals surface area contributed by atoms with E-state index >= 15 is 0 Å². The molecule has 1 atom stereocenters. The van der Waals surface area contributed by atoms with E-state index in [0.29, 0.717) is 23.4 Å². The molecule has 0 bridgehead atoms. The van der Waals surface area contributed by atoms with Crippen LogP contribution in [0.4, 0.5) is 18.9 Å². The predicted molar refractivity (Wildman–Crippen MR) is 90.8 cm³/mol. The Hall–Kier alpha value is -2.55. The Bertz CT molecular complexity index is 823. The molecule has 1 saturated heterocycles. The maximum absolute atomic E-state index is 12.7. The number of hydrogen-bond acceptors (Lipinski definition) is 4. The van der Waals surface area contributed by atoms with Crippen LogP contribution in [0.5, 0.6) is 0 Å². The van der Waals surface area contributed by atoms with Gasteiger partial charge in [-0.1, -0.05) is 12.1 Å². The second-order valence-corrected chi connectivity index (χ2v) is 6.83. The van der Waals surface area contributed by atoms with E-state index in [0.717, 1.165) is 12.1 Å². The summed E-state index contributed by atoms with van der Waals surface area (Å²) >= 11 is 1.46. The molecule has 0 N–H and O–H groups in total. The molecule has 1 aliphatic heterocycles. The van der Waals surface area contributed by atoms with Crippen molar-refractivity contribution in [1.82, 2.24) is 4.90 Å². The van der Waals surface area contributed by atoms with E-state index < -0.39 is 16.7 Å². The number of thioether (sulfide) groups is 1. The van der Waals surface area contributed by atoms with Gasteiger partial charge in [-0.25, -0.2) is 0 Å². The van der Waals surface area contributed by atoms with Gasteiger partial charge in [0, 0.05) is 30.0 Å². The van der Waals surface area contributed by atoms with Crippen molar-refractivity contribution in [2.24, 2.45) is 0 Å². The molecule has 1 unspecified atom stereocenters. The van der Waals surface area contributed by atoms with Gasteiger partial charge in [0.1, 0.15) is 5.37 Å². The highest BCUT2D eigenvalue weighted by Crippen LogP contribution is 2.40. The molecule has 1 fully saturated rings. The maximum atomic E-state index is 12.7. The van der Waals surface area contributed by atoms with Crippen LogP contribution in [0.1, 0.15) is 26.9 Å². The van der Waals surface area contributed by atoms with Crippen molar-refractivity contribution in [3.63, 3.8) is 0 Å². The summed E-state index contributed by atoms with van der Waals surface area (Å²) in [4.78, 5) is 24.4. The van der Waals surface area contributed by atoms with E-state index in [2.05, 4.69) is 0 Å². The average molecular weight is 382 g/mol. The molecular weight excluding hydrogens is 369 g/mol. The first-order chi connectivity index (χ1) is 12.3. The Morgan fingerprint density at radius 1 is 1.12 bits per heavy atom. The van der Waals surface area contributed by atoms with Crippen molar-refractivity contribution in [1.29, 1.82) is 0 Å². The van der Waals surface area contributed by atoms with Gasteiger partial charge in [0.25, 0.3) is 11.6 Å². The van der Waals surface area contributed by atoms with Gasteiger partial charge in [0.05, 0.1) is 10.5 Å². The van der Waals surface area contributed by atoms with Crippen LogP contribution in [0, 0.1) is 10.1 Å². The highest BCUT2D eigenvalue weighted by molar-refractivity contribution is 7.99. The number of alkyl halides is 3. The highest BCUT2D eigenvalue weighted by Gasteiger charge is 2.33. The van der Waals surface area contributed by atoms with Crippen LogP contribution < -0.4 is 0 Å². The topological polar surface area (TPSA) is 63.4 Å². The largest absolute Gasteiger partial charge is 0.416 e. The summed E-state index contributed by atoms with van der Waals surface area (Å²) in [5.41, 5.74) is 0.0555. The maximum Gasteiger partial charge on any atom is 0.416 e. The van der Waals surface area contributed by atoms with E-state index in [4.69, 9.17) is 0 Å².